The number of nitriles is 1. The first-order valence-electron chi connectivity index (χ1n) is 3.99. The third kappa shape index (κ3) is 2.43. The summed E-state index contributed by atoms with van der Waals surface area (Å²) in [5.41, 5.74) is 0.436. The highest BCUT2D eigenvalue weighted by atomic mass is 35.5. The second-order valence-corrected chi connectivity index (χ2v) is 3.44. The van der Waals surface area contributed by atoms with Crippen LogP contribution >= 0.6 is 11.6 Å². The smallest absolute Gasteiger partial charge is 0.202 e. The molecule has 0 bridgehead atoms. The van der Waals surface area contributed by atoms with Crippen LogP contribution in [-0.2, 0) is 12.3 Å². The monoisotopic (exact) mass is 215 g/mol. The minimum Gasteiger partial charge on any atom is -0.202 e. The van der Waals surface area contributed by atoms with E-state index in [0.717, 1.165) is 6.92 Å². The highest BCUT2D eigenvalue weighted by Gasteiger charge is 2.24. The van der Waals surface area contributed by atoms with Crippen molar-refractivity contribution in [1.82, 2.24) is 0 Å². The maximum atomic E-state index is 12.8. The molecule has 1 aromatic carbocycles. The zero-order valence-corrected chi connectivity index (χ0v) is 8.28. The molecule has 0 atom stereocenters. The SMILES string of the molecule is CC(F)(F)c1ccc(CC#N)c(Cl)c1. The summed E-state index contributed by atoms with van der Waals surface area (Å²) < 4.78 is 25.7. The van der Waals surface area contributed by atoms with Gasteiger partial charge in [0, 0.05) is 17.5 Å². The van der Waals surface area contributed by atoms with E-state index >= 15 is 0 Å². The number of hydrogen-bond donors (Lipinski definition) is 0. The predicted molar refractivity (Wildman–Crippen MR) is 50.3 cm³/mol. The van der Waals surface area contributed by atoms with Crippen LogP contribution in [0.3, 0.4) is 0 Å². The Morgan fingerprint density at radius 3 is 2.57 bits per heavy atom. The molecular formula is C10H8ClF2N. The van der Waals surface area contributed by atoms with Crippen molar-refractivity contribution in [3.63, 3.8) is 0 Å². The van der Waals surface area contributed by atoms with Crippen LogP contribution in [-0.4, -0.2) is 0 Å². The van der Waals surface area contributed by atoms with Crippen molar-refractivity contribution in [1.29, 1.82) is 5.26 Å². The molecule has 0 radical (unpaired) electrons. The summed E-state index contributed by atoms with van der Waals surface area (Å²) in [6, 6.07) is 5.86. The summed E-state index contributed by atoms with van der Waals surface area (Å²) in [4.78, 5) is 0. The highest BCUT2D eigenvalue weighted by Crippen LogP contribution is 2.30. The minimum absolute atomic E-state index is 0.133. The number of hydrogen-bond acceptors (Lipinski definition) is 1. The first-order chi connectivity index (χ1) is 6.45. The number of benzene rings is 1. The van der Waals surface area contributed by atoms with E-state index in [9.17, 15) is 8.78 Å². The van der Waals surface area contributed by atoms with Gasteiger partial charge < -0.3 is 0 Å². The van der Waals surface area contributed by atoms with E-state index in [2.05, 4.69) is 0 Å². The summed E-state index contributed by atoms with van der Waals surface area (Å²) >= 11 is 5.73. The van der Waals surface area contributed by atoms with Gasteiger partial charge in [0.25, 0.3) is 5.92 Å². The Morgan fingerprint density at radius 2 is 2.14 bits per heavy atom. The quantitative estimate of drug-likeness (QED) is 0.741. The maximum Gasteiger partial charge on any atom is 0.270 e. The lowest BCUT2D eigenvalue weighted by molar-refractivity contribution is 0.0175. The highest BCUT2D eigenvalue weighted by molar-refractivity contribution is 6.31. The van der Waals surface area contributed by atoms with Gasteiger partial charge in [0.05, 0.1) is 12.5 Å². The fourth-order valence-electron chi connectivity index (χ4n) is 1.05. The van der Waals surface area contributed by atoms with Crippen molar-refractivity contribution < 1.29 is 8.78 Å². The number of alkyl halides is 2. The summed E-state index contributed by atoms with van der Waals surface area (Å²) in [5.74, 6) is -2.89. The van der Waals surface area contributed by atoms with Crippen molar-refractivity contribution in [2.24, 2.45) is 0 Å². The van der Waals surface area contributed by atoms with Crippen LogP contribution in [0.25, 0.3) is 0 Å². The van der Waals surface area contributed by atoms with Crippen molar-refractivity contribution >= 4 is 11.6 Å². The van der Waals surface area contributed by atoms with E-state index in [0.29, 0.717) is 5.56 Å². The minimum atomic E-state index is -2.89. The van der Waals surface area contributed by atoms with Crippen LogP contribution in [0.1, 0.15) is 18.1 Å². The largest absolute Gasteiger partial charge is 0.270 e. The summed E-state index contributed by atoms with van der Waals surface area (Å²) in [6.07, 6.45) is 0.133. The molecule has 0 saturated carbocycles. The van der Waals surface area contributed by atoms with Crippen molar-refractivity contribution in [3.05, 3.63) is 34.3 Å². The van der Waals surface area contributed by atoms with Gasteiger partial charge in [-0.25, -0.2) is 8.78 Å². The van der Waals surface area contributed by atoms with E-state index < -0.39 is 5.92 Å². The zero-order valence-electron chi connectivity index (χ0n) is 7.52. The van der Waals surface area contributed by atoms with Crippen LogP contribution in [0.5, 0.6) is 0 Å². The van der Waals surface area contributed by atoms with E-state index in [-0.39, 0.29) is 17.0 Å². The van der Waals surface area contributed by atoms with E-state index in [1.54, 1.807) is 0 Å². The fraction of sp³-hybridized carbons (Fsp3) is 0.300. The van der Waals surface area contributed by atoms with E-state index in [4.69, 9.17) is 16.9 Å². The van der Waals surface area contributed by atoms with Crippen LogP contribution in [0.15, 0.2) is 18.2 Å². The van der Waals surface area contributed by atoms with Crippen LogP contribution in [0.2, 0.25) is 5.02 Å². The Kier molecular flexibility index (Phi) is 3.07. The molecule has 1 rings (SSSR count). The third-order valence-electron chi connectivity index (χ3n) is 1.83. The molecule has 14 heavy (non-hydrogen) atoms. The molecule has 0 aliphatic carbocycles. The van der Waals surface area contributed by atoms with Gasteiger partial charge in [0.1, 0.15) is 0 Å². The molecule has 1 nitrogen and oxygen atoms in total. The van der Waals surface area contributed by atoms with Gasteiger partial charge in [-0.1, -0.05) is 23.7 Å². The predicted octanol–water partition coefficient (Wildman–Crippen LogP) is 3.52. The number of nitrogens with zero attached hydrogens (tertiary/aromatic N) is 1. The van der Waals surface area contributed by atoms with Crippen molar-refractivity contribution in [2.75, 3.05) is 0 Å². The molecule has 0 unspecified atom stereocenters. The molecule has 0 saturated heterocycles. The summed E-state index contributed by atoms with van der Waals surface area (Å²) in [7, 11) is 0. The molecule has 0 N–H and O–H groups in total. The molecule has 4 heteroatoms. The van der Waals surface area contributed by atoms with Crippen molar-refractivity contribution in [2.45, 2.75) is 19.3 Å². The van der Waals surface area contributed by atoms with Gasteiger partial charge in [0.15, 0.2) is 0 Å². The van der Waals surface area contributed by atoms with E-state index in [1.165, 1.54) is 18.2 Å². The van der Waals surface area contributed by atoms with Crippen LogP contribution < -0.4 is 0 Å². The molecule has 0 amide bonds. The Bertz CT molecular complexity index is 377. The van der Waals surface area contributed by atoms with Gasteiger partial charge in [-0.3, -0.25) is 0 Å². The van der Waals surface area contributed by atoms with Gasteiger partial charge in [-0.05, 0) is 11.6 Å². The Hall–Kier alpha value is -1.14. The van der Waals surface area contributed by atoms with E-state index in [1.807, 2.05) is 6.07 Å². The number of rotatable bonds is 2. The normalized spacial score (nSPS) is 11.1. The Labute approximate surface area is 85.9 Å². The second kappa shape index (κ2) is 3.93. The molecule has 0 aliphatic rings. The topological polar surface area (TPSA) is 23.8 Å². The second-order valence-electron chi connectivity index (χ2n) is 3.03. The van der Waals surface area contributed by atoms with Crippen LogP contribution in [0.4, 0.5) is 8.78 Å². The van der Waals surface area contributed by atoms with Gasteiger partial charge >= 0.3 is 0 Å². The lowest BCUT2D eigenvalue weighted by atomic mass is 10.1. The fourth-order valence-corrected chi connectivity index (χ4v) is 1.30. The van der Waals surface area contributed by atoms with Gasteiger partial charge in [-0.2, -0.15) is 5.26 Å². The molecule has 0 fully saturated rings. The Morgan fingerprint density at radius 1 is 1.50 bits per heavy atom. The van der Waals surface area contributed by atoms with Gasteiger partial charge in [0.2, 0.25) is 0 Å². The number of halogens is 3. The lowest BCUT2D eigenvalue weighted by Crippen LogP contribution is -2.06. The Balaban J connectivity index is 3.08. The molecule has 0 aromatic heterocycles. The molecule has 1 aromatic rings. The molecular weight excluding hydrogens is 208 g/mol. The average molecular weight is 216 g/mol. The first kappa shape index (κ1) is 10.9. The zero-order chi connectivity index (χ0) is 10.8. The maximum absolute atomic E-state index is 12.8. The molecule has 0 heterocycles. The standard InChI is InChI=1S/C10H8ClF2N/c1-10(12,13)8-3-2-7(4-5-14)9(11)6-8/h2-3,6H,4H2,1H3. The van der Waals surface area contributed by atoms with Crippen molar-refractivity contribution in [3.8, 4) is 6.07 Å². The average Bonchev–Trinajstić information content (AvgIpc) is 2.07. The third-order valence-corrected chi connectivity index (χ3v) is 2.18. The molecule has 0 aliphatic heterocycles. The molecule has 0 spiro atoms. The lowest BCUT2D eigenvalue weighted by Gasteiger charge is -2.11. The summed E-state index contributed by atoms with van der Waals surface area (Å²) in [5, 5.41) is 8.63. The summed E-state index contributed by atoms with van der Waals surface area (Å²) in [6.45, 7) is 0.808. The molecule has 74 valence electrons. The first-order valence-corrected chi connectivity index (χ1v) is 4.36. The van der Waals surface area contributed by atoms with Gasteiger partial charge in [-0.15, -0.1) is 0 Å². The van der Waals surface area contributed by atoms with Crippen LogP contribution in [0, 0.1) is 11.3 Å².